The highest BCUT2D eigenvalue weighted by Crippen LogP contribution is 2.25. The van der Waals surface area contributed by atoms with Crippen molar-refractivity contribution in [2.24, 2.45) is 0 Å². The Morgan fingerprint density at radius 3 is 3.00 bits per heavy atom. The number of aldehydes is 1. The Kier molecular flexibility index (Phi) is 2.46. The molecule has 1 aliphatic carbocycles. The van der Waals surface area contributed by atoms with Gasteiger partial charge in [-0.2, -0.15) is 0 Å². The van der Waals surface area contributed by atoms with E-state index >= 15 is 0 Å². The van der Waals surface area contributed by atoms with E-state index in [0.29, 0.717) is 6.29 Å². The summed E-state index contributed by atoms with van der Waals surface area (Å²) in [5.41, 5.74) is 3.48. The molecule has 1 aliphatic rings. The molecule has 0 spiro atoms. The number of fused-ring (bicyclic) bond motifs is 1. The van der Waals surface area contributed by atoms with Crippen molar-refractivity contribution < 1.29 is 4.79 Å². The highest BCUT2D eigenvalue weighted by molar-refractivity contribution is 5.87. The first-order chi connectivity index (χ1) is 6.92. The Bertz CT molecular complexity index is 444. The van der Waals surface area contributed by atoms with Crippen LogP contribution >= 0.6 is 0 Å². The summed E-state index contributed by atoms with van der Waals surface area (Å²) in [5, 5.41) is 0. The molecule has 0 unspecified atom stereocenters. The molecule has 0 N–H and O–H groups in total. The molecule has 0 amide bonds. The van der Waals surface area contributed by atoms with Crippen LogP contribution in [0.4, 0.5) is 0 Å². The molecule has 0 radical (unpaired) electrons. The second kappa shape index (κ2) is 3.93. The molecule has 0 saturated carbocycles. The summed E-state index contributed by atoms with van der Waals surface area (Å²) < 4.78 is 0. The van der Waals surface area contributed by atoms with E-state index < -0.39 is 0 Å². The van der Waals surface area contributed by atoms with E-state index in [2.05, 4.69) is 30.0 Å². The molecule has 1 nitrogen and oxygen atoms in total. The highest BCUT2D eigenvalue weighted by atomic mass is 16.1. The average molecular weight is 182 g/mol. The van der Waals surface area contributed by atoms with Crippen LogP contribution in [0.3, 0.4) is 0 Å². The standard InChI is InChI=1S/C13H10O/c14-10-4-8-12-7-3-6-11-5-1-2-9-13(11)12/h1-2,5,7,9-10H,3,6H2. The maximum atomic E-state index is 10.2. The van der Waals surface area contributed by atoms with E-state index in [1.54, 1.807) is 0 Å². The minimum Gasteiger partial charge on any atom is -0.289 e. The second-order valence-electron chi connectivity index (χ2n) is 3.20. The third-order valence-electron chi connectivity index (χ3n) is 2.34. The fourth-order valence-corrected chi connectivity index (χ4v) is 1.71. The van der Waals surface area contributed by atoms with E-state index in [0.717, 1.165) is 18.4 Å². The Balaban J connectivity index is 2.45. The zero-order valence-electron chi connectivity index (χ0n) is 7.79. The van der Waals surface area contributed by atoms with Gasteiger partial charge in [-0.3, -0.25) is 4.79 Å². The molecule has 1 aromatic carbocycles. The van der Waals surface area contributed by atoms with Crippen molar-refractivity contribution in [2.75, 3.05) is 0 Å². The number of aryl methyl sites for hydroxylation is 1. The number of carbonyl (C=O) groups excluding carboxylic acids is 1. The van der Waals surface area contributed by atoms with Crippen LogP contribution in [-0.2, 0) is 11.2 Å². The molecule has 0 atom stereocenters. The minimum atomic E-state index is 0.637. The van der Waals surface area contributed by atoms with Crippen molar-refractivity contribution in [3.63, 3.8) is 0 Å². The van der Waals surface area contributed by atoms with Gasteiger partial charge >= 0.3 is 0 Å². The van der Waals surface area contributed by atoms with Gasteiger partial charge in [0.1, 0.15) is 0 Å². The van der Waals surface area contributed by atoms with Crippen LogP contribution in [0.25, 0.3) is 5.57 Å². The molecular weight excluding hydrogens is 172 g/mol. The predicted molar refractivity (Wildman–Crippen MR) is 56.6 cm³/mol. The summed E-state index contributed by atoms with van der Waals surface area (Å²) >= 11 is 0. The van der Waals surface area contributed by atoms with Crippen molar-refractivity contribution in [3.05, 3.63) is 41.5 Å². The van der Waals surface area contributed by atoms with Gasteiger partial charge in [0.05, 0.1) is 0 Å². The maximum Gasteiger partial charge on any atom is 0.193 e. The van der Waals surface area contributed by atoms with Gasteiger partial charge in [0, 0.05) is 5.57 Å². The third-order valence-corrected chi connectivity index (χ3v) is 2.34. The maximum absolute atomic E-state index is 10.2. The minimum absolute atomic E-state index is 0.637. The van der Waals surface area contributed by atoms with Crippen LogP contribution < -0.4 is 0 Å². The lowest BCUT2D eigenvalue weighted by molar-refractivity contribution is -0.103. The first-order valence-corrected chi connectivity index (χ1v) is 4.65. The Morgan fingerprint density at radius 2 is 2.14 bits per heavy atom. The predicted octanol–water partition coefficient (Wildman–Crippen LogP) is 2.22. The Morgan fingerprint density at radius 1 is 1.29 bits per heavy atom. The van der Waals surface area contributed by atoms with Gasteiger partial charge in [0.2, 0.25) is 0 Å². The lowest BCUT2D eigenvalue weighted by Crippen LogP contribution is -1.97. The van der Waals surface area contributed by atoms with Gasteiger partial charge < -0.3 is 0 Å². The van der Waals surface area contributed by atoms with Crippen LogP contribution in [-0.4, -0.2) is 6.29 Å². The summed E-state index contributed by atoms with van der Waals surface area (Å²) in [4.78, 5) is 10.2. The molecule has 0 bridgehead atoms. The van der Waals surface area contributed by atoms with Gasteiger partial charge in [0.15, 0.2) is 6.29 Å². The van der Waals surface area contributed by atoms with Gasteiger partial charge in [-0.1, -0.05) is 36.3 Å². The zero-order valence-corrected chi connectivity index (χ0v) is 7.79. The molecule has 0 saturated heterocycles. The monoisotopic (exact) mass is 182 g/mol. The fourth-order valence-electron chi connectivity index (χ4n) is 1.71. The molecule has 0 aliphatic heterocycles. The average Bonchev–Trinajstić information content (AvgIpc) is 2.26. The van der Waals surface area contributed by atoms with Crippen LogP contribution in [0, 0.1) is 11.8 Å². The van der Waals surface area contributed by atoms with Crippen molar-refractivity contribution in [2.45, 2.75) is 12.8 Å². The van der Waals surface area contributed by atoms with Crippen LogP contribution in [0.1, 0.15) is 17.5 Å². The number of rotatable bonds is 0. The molecule has 2 rings (SSSR count). The topological polar surface area (TPSA) is 17.1 Å². The van der Waals surface area contributed by atoms with E-state index in [1.807, 2.05) is 12.1 Å². The van der Waals surface area contributed by atoms with Crippen molar-refractivity contribution in [3.8, 4) is 11.8 Å². The first-order valence-electron chi connectivity index (χ1n) is 4.65. The molecule has 0 heterocycles. The smallest absolute Gasteiger partial charge is 0.193 e. The lowest BCUT2D eigenvalue weighted by Gasteiger charge is -2.12. The number of hydrogen-bond acceptors (Lipinski definition) is 1. The summed E-state index contributed by atoms with van der Waals surface area (Å²) in [6.07, 6.45) is 4.82. The summed E-state index contributed by atoms with van der Waals surface area (Å²) in [6.45, 7) is 0. The zero-order chi connectivity index (χ0) is 9.80. The fraction of sp³-hybridized carbons (Fsp3) is 0.154. The van der Waals surface area contributed by atoms with Crippen molar-refractivity contribution >= 4 is 11.9 Å². The van der Waals surface area contributed by atoms with Crippen LogP contribution in [0.2, 0.25) is 0 Å². The second-order valence-corrected chi connectivity index (χ2v) is 3.20. The molecule has 1 aromatic rings. The molecule has 0 aromatic heterocycles. The quantitative estimate of drug-likeness (QED) is 0.444. The van der Waals surface area contributed by atoms with Gasteiger partial charge in [0.25, 0.3) is 0 Å². The van der Waals surface area contributed by atoms with Crippen molar-refractivity contribution in [1.82, 2.24) is 0 Å². The third kappa shape index (κ3) is 1.60. The summed E-state index contributed by atoms with van der Waals surface area (Å²) in [6, 6.07) is 8.21. The lowest BCUT2D eigenvalue weighted by atomic mass is 9.91. The van der Waals surface area contributed by atoms with E-state index in [4.69, 9.17) is 0 Å². The summed E-state index contributed by atoms with van der Waals surface area (Å²) in [5.74, 6) is 5.33. The number of benzene rings is 1. The molecule has 1 heteroatoms. The summed E-state index contributed by atoms with van der Waals surface area (Å²) in [7, 11) is 0. The van der Waals surface area contributed by atoms with Gasteiger partial charge in [-0.05, 0) is 29.9 Å². The highest BCUT2D eigenvalue weighted by Gasteiger charge is 2.08. The van der Waals surface area contributed by atoms with E-state index in [1.165, 1.54) is 11.1 Å². The first kappa shape index (κ1) is 8.77. The van der Waals surface area contributed by atoms with Crippen LogP contribution in [0.5, 0.6) is 0 Å². The van der Waals surface area contributed by atoms with E-state index in [-0.39, 0.29) is 0 Å². The Hall–Kier alpha value is -1.81. The molecule has 0 fully saturated rings. The Labute approximate surface area is 83.5 Å². The number of hydrogen-bond donors (Lipinski definition) is 0. The molecule has 68 valence electrons. The van der Waals surface area contributed by atoms with Gasteiger partial charge in [-0.15, -0.1) is 0 Å². The van der Waals surface area contributed by atoms with E-state index in [9.17, 15) is 4.79 Å². The molecular formula is C13H10O. The van der Waals surface area contributed by atoms with Crippen LogP contribution in [0.15, 0.2) is 30.3 Å². The van der Waals surface area contributed by atoms with Gasteiger partial charge in [-0.25, -0.2) is 0 Å². The van der Waals surface area contributed by atoms with Crippen molar-refractivity contribution in [1.29, 1.82) is 0 Å². The number of allylic oxidation sites excluding steroid dienone is 2. The SMILES string of the molecule is O=CC#CC1=CCCc2ccccc21. The number of carbonyl (C=O) groups is 1. The normalized spacial score (nSPS) is 13.3. The molecule has 14 heavy (non-hydrogen) atoms. The largest absolute Gasteiger partial charge is 0.289 e.